The molecule has 0 spiro atoms. The Kier molecular flexibility index (Phi) is 4.16. The summed E-state index contributed by atoms with van der Waals surface area (Å²) in [5.41, 5.74) is 0. The lowest BCUT2D eigenvalue weighted by Gasteiger charge is -2.11. The van der Waals surface area contributed by atoms with Gasteiger partial charge in [-0.1, -0.05) is 29.6 Å². The molecule has 3 heterocycles. The third-order valence-electron chi connectivity index (χ3n) is 3.49. The number of nitrogens with zero attached hydrogens (tertiary/aromatic N) is 4. The molecule has 5 nitrogen and oxygen atoms in total. The number of nitrogens with one attached hydrogen (secondary N) is 1. The maximum Gasteiger partial charge on any atom is 0.206 e. The molecule has 1 atom stereocenters. The molecule has 0 aromatic carbocycles. The Balaban J connectivity index is 1.72. The monoisotopic (exact) mass is 309 g/mol. The Morgan fingerprint density at radius 3 is 2.85 bits per heavy atom. The van der Waals surface area contributed by atoms with Gasteiger partial charge in [0, 0.05) is 19.1 Å². The molecule has 1 N–H and O–H groups in total. The fourth-order valence-corrected chi connectivity index (χ4v) is 3.97. The molecular weight excluding hydrogens is 290 g/mol. The number of rotatable bonds is 5. The molecule has 1 aliphatic rings. The van der Waals surface area contributed by atoms with Crippen LogP contribution in [-0.4, -0.2) is 34.3 Å². The zero-order chi connectivity index (χ0) is 13.9. The van der Waals surface area contributed by atoms with Gasteiger partial charge in [-0.2, -0.15) is 0 Å². The summed E-state index contributed by atoms with van der Waals surface area (Å²) in [6, 6.07) is 0.428. The standard InChI is InChI=1S/C13H19N5S2/c1-3-9(2)15-12-17-16-11(20-12)10-8-14-13(19-10)18-6-4-5-7-18/h8-9H,3-7H2,1-2H3,(H,15,17). The molecule has 2 aromatic rings. The molecule has 0 amide bonds. The van der Waals surface area contributed by atoms with Crippen LogP contribution in [0.25, 0.3) is 9.88 Å². The van der Waals surface area contributed by atoms with Gasteiger partial charge in [0.2, 0.25) is 5.13 Å². The van der Waals surface area contributed by atoms with E-state index in [1.807, 2.05) is 6.20 Å². The van der Waals surface area contributed by atoms with Crippen LogP contribution in [0.3, 0.4) is 0 Å². The molecule has 0 radical (unpaired) electrons. The molecule has 1 saturated heterocycles. The summed E-state index contributed by atoms with van der Waals surface area (Å²) in [5.74, 6) is 0. The highest BCUT2D eigenvalue weighted by molar-refractivity contribution is 7.25. The van der Waals surface area contributed by atoms with Gasteiger partial charge in [-0.25, -0.2) is 4.98 Å². The lowest BCUT2D eigenvalue weighted by atomic mass is 10.3. The van der Waals surface area contributed by atoms with E-state index in [2.05, 4.69) is 39.2 Å². The average molecular weight is 309 g/mol. The topological polar surface area (TPSA) is 53.9 Å². The van der Waals surface area contributed by atoms with Gasteiger partial charge in [-0.3, -0.25) is 0 Å². The van der Waals surface area contributed by atoms with Crippen LogP contribution >= 0.6 is 22.7 Å². The van der Waals surface area contributed by atoms with Gasteiger partial charge in [0.05, 0.1) is 11.1 Å². The van der Waals surface area contributed by atoms with E-state index in [0.29, 0.717) is 6.04 Å². The zero-order valence-electron chi connectivity index (χ0n) is 11.8. The predicted molar refractivity (Wildman–Crippen MR) is 85.8 cm³/mol. The van der Waals surface area contributed by atoms with Gasteiger partial charge in [0.15, 0.2) is 10.1 Å². The molecule has 1 fully saturated rings. The van der Waals surface area contributed by atoms with Gasteiger partial charge in [-0.05, 0) is 26.2 Å². The largest absolute Gasteiger partial charge is 0.358 e. The highest BCUT2D eigenvalue weighted by Crippen LogP contribution is 2.35. The van der Waals surface area contributed by atoms with Crippen molar-refractivity contribution in [2.75, 3.05) is 23.3 Å². The van der Waals surface area contributed by atoms with Crippen molar-refractivity contribution in [1.29, 1.82) is 0 Å². The first-order valence-corrected chi connectivity index (χ1v) is 8.70. The minimum absolute atomic E-state index is 0.428. The maximum atomic E-state index is 4.52. The van der Waals surface area contributed by atoms with Crippen molar-refractivity contribution in [2.24, 2.45) is 0 Å². The van der Waals surface area contributed by atoms with Crippen LogP contribution in [0.15, 0.2) is 6.20 Å². The van der Waals surface area contributed by atoms with E-state index in [1.165, 1.54) is 12.8 Å². The van der Waals surface area contributed by atoms with Gasteiger partial charge in [0.25, 0.3) is 0 Å². The van der Waals surface area contributed by atoms with Gasteiger partial charge in [0.1, 0.15) is 0 Å². The molecule has 3 rings (SSSR count). The number of hydrogen-bond donors (Lipinski definition) is 1. The number of aromatic nitrogens is 3. The van der Waals surface area contributed by atoms with E-state index < -0.39 is 0 Å². The van der Waals surface area contributed by atoms with E-state index in [-0.39, 0.29) is 0 Å². The highest BCUT2D eigenvalue weighted by Gasteiger charge is 2.17. The molecule has 108 valence electrons. The Morgan fingerprint density at radius 1 is 1.30 bits per heavy atom. The molecule has 7 heteroatoms. The summed E-state index contributed by atoms with van der Waals surface area (Å²) < 4.78 is 0. The van der Waals surface area contributed by atoms with E-state index in [9.17, 15) is 0 Å². The molecule has 2 aromatic heterocycles. The number of hydrogen-bond acceptors (Lipinski definition) is 7. The first-order valence-electron chi connectivity index (χ1n) is 7.07. The Hall–Kier alpha value is -1.21. The predicted octanol–water partition coefficient (Wildman–Crippen LogP) is 3.47. The van der Waals surface area contributed by atoms with E-state index in [0.717, 1.165) is 39.7 Å². The number of anilines is 2. The smallest absolute Gasteiger partial charge is 0.206 e. The van der Waals surface area contributed by atoms with E-state index in [4.69, 9.17) is 0 Å². The molecular formula is C13H19N5S2. The van der Waals surface area contributed by atoms with Crippen LogP contribution < -0.4 is 10.2 Å². The highest BCUT2D eigenvalue weighted by atomic mass is 32.1. The SMILES string of the molecule is CCC(C)Nc1nnc(-c2cnc(N3CCCC3)s2)s1. The normalized spacial score (nSPS) is 16.6. The molecule has 0 bridgehead atoms. The van der Waals surface area contributed by atoms with Gasteiger partial charge in [-0.15, -0.1) is 10.2 Å². The third-order valence-corrected chi connectivity index (χ3v) is 5.57. The first-order chi connectivity index (χ1) is 9.76. The minimum atomic E-state index is 0.428. The van der Waals surface area contributed by atoms with Crippen LogP contribution in [0, 0.1) is 0 Å². The number of thiazole rings is 1. The Morgan fingerprint density at radius 2 is 2.10 bits per heavy atom. The molecule has 0 saturated carbocycles. The quantitative estimate of drug-likeness (QED) is 0.916. The van der Waals surface area contributed by atoms with Crippen molar-refractivity contribution >= 4 is 32.9 Å². The van der Waals surface area contributed by atoms with Crippen LogP contribution in [0.5, 0.6) is 0 Å². The zero-order valence-corrected chi connectivity index (χ0v) is 13.4. The third kappa shape index (κ3) is 2.93. The summed E-state index contributed by atoms with van der Waals surface area (Å²) in [6.45, 7) is 6.57. The van der Waals surface area contributed by atoms with Crippen LogP contribution in [0.4, 0.5) is 10.3 Å². The lowest BCUT2D eigenvalue weighted by Crippen LogP contribution is -2.16. The summed E-state index contributed by atoms with van der Waals surface area (Å²) in [7, 11) is 0. The van der Waals surface area contributed by atoms with Crippen molar-refractivity contribution in [2.45, 2.75) is 39.2 Å². The van der Waals surface area contributed by atoms with Crippen molar-refractivity contribution in [3.63, 3.8) is 0 Å². The van der Waals surface area contributed by atoms with Crippen LogP contribution in [0.1, 0.15) is 33.1 Å². The Labute approximate surface area is 127 Å². The van der Waals surface area contributed by atoms with Crippen molar-refractivity contribution in [3.05, 3.63) is 6.20 Å². The second kappa shape index (κ2) is 6.05. The fraction of sp³-hybridized carbons (Fsp3) is 0.615. The van der Waals surface area contributed by atoms with Gasteiger partial charge < -0.3 is 10.2 Å². The Bertz CT molecular complexity index is 559. The molecule has 0 aliphatic carbocycles. The summed E-state index contributed by atoms with van der Waals surface area (Å²) in [5, 5.41) is 14.8. The average Bonchev–Trinajstić information content (AvgIpc) is 3.18. The van der Waals surface area contributed by atoms with E-state index >= 15 is 0 Å². The van der Waals surface area contributed by atoms with Crippen LogP contribution in [0.2, 0.25) is 0 Å². The first kappa shape index (κ1) is 13.8. The minimum Gasteiger partial charge on any atom is -0.358 e. The van der Waals surface area contributed by atoms with Crippen molar-refractivity contribution in [1.82, 2.24) is 15.2 Å². The van der Waals surface area contributed by atoms with Crippen molar-refractivity contribution in [3.8, 4) is 9.88 Å². The van der Waals surface area contributed by atoms with Crippen molar-refractivity contribution < 1.29 is 0 Å². The summed E-state index contributed by atoms with van der Waals surface area (Å²) >= 11 is 3.32. The maximum absolute atomic E-state index is 4.52. The molecule has 1 aliphatic heterocycles. The van der Waals surface area contributed by atoms with E-state index in [1.54, 1.807) is 22.7 Å². The fourth-order valence-electron chi connectivity index (χ4n) is 2.11. The second-order valence-corrected chi connectivity index (χ2v) is 7.05. The van der Waals surface area contributed by atoms with Crippen LogP contribution in [-0.2, 0) is 0 Å². The summed E-state index contributed by atoms with van der Waals surface area (Å²) in [4.78, 5) is 7.99. The molecule has 1 unspecified atom stereocenters. The molecule has 20 heavy (non-hydrogen) atoms. The lowest BCUT2D eigenvalue weighted by molar-refractivity contribution is 0.760. The van der Waals surface area contributed by atoms with Gasteiger partial charge >= 0.3 is 0 Å². The summed E-state index contributed by atoms with van der Waals surface area (Å²) in [6.07, 6.45) is 5.55. The second-order valence-electron chi connectivity index (χ2n) is 5.07.